The third-order valence-corrected chi connectivity index (χ3v) is 5.80. The largest absolute Gasteiger partial charge is 0.322 e. The number of fused-ring (bicyclic) bond motifs is 1. The van der Waals surface area contributed by atoms with E-state index in [-0.39, 0.29) is 18.2 Å². The van der Waals surface area contributed by atoms with Crippen molar-refractivity contribution in [2.24, 2.45) is 0 Å². The van der Waals surface area contributed by atoms with Gasteiger partial charge in [-0.3, -0.25) is 24.6 Å². The lowest BCUT2D eigenvalue weighted by atomic mass is 10.0. The Morgan fingerprint density at radius 1 is 1.15 bits per heavy atom. The van der Waals surface area contributed by atoms with Crippen molar-refractivity contribution >= 4 is 29.3 Å². The molecule has 0 saturated carbocycles. The average molecular weight is 377 g/mol. The normalized spacial score (nSPS) is 24.0. The number of benzene rings is 1. The van der Waals surface area contributed by atoms with Crippen LogP contribution in [-0.2, 0) is 22.7 Å². The minimum atomic E-state index is -0.611. The van der Waals surface area contributed by atoms with E-state index in [2.05, 4.69) is 15.5 Å². The molecule has 26 heavy (non-hydrogen) atoms. The van der Waals surface area contributed by atoms with Crippen LogP contribution in [-0.4, -0.2) is 59.7 Å². The van der Waals surface area contributed by atoms with E-state index in [4.69, 9.17) is 11.6 Å². The van der Waals surface area contributed by atoms with Crippen molar-refractivity contribution < 1.29 is 14.4 Å². The Bertz CT molecular complexity index is 776. The Morgan fingerprint density at radius 3 is 2.65 bits per heavy atom. The fourth-order valence-corrected chi connectivity index (χ4v) is 4.17. The number of carbonyl (C=O) groups excluding carboxylic acids is 3. The molecule has 2 N–H and O–H groups in total. The fraction of sp³-hybridized carbons (Fsp3) is 0.500. The minimum Gasteiger partial charge on any atom is -0.322 e. The van der Waals surface area contributed by atoms with Gasteiger partial charge in [0.2, 0.25) is 11.8 Å². The first-order chi connectivity index (χ1) is 12.5. The standard InChI is InChI=1S/C18H21ClN4O3/c19-16-11(9-22-7-5-20-6-8-22)1-2-12-13(16)10-23(18(12)26)14-3-4-15(24)21-17(14)25/h1-2,14,20H,3-10H2,(H,21,24,25). The summed E-state index contributed by atoms with van der Waals surface area (Å²) in [5.41, 5.74) is 2.35. The predicted octanol–water partition coefficient (Wildman–Crippen LogP) is 0.506. The van der Waals surface area contributed by atoms with Gasteiger partial charge in [0.25, 0.3) is 5.91 Å². The number of piperidine rings is 1. The van der Waals surface area contributed by atoms with E-state index in [1.807, 2.05) is 12.1 Å². The van der Waals surface area contributed by atoms with Crippen LogP contribution in [0.5, 0.6) is 0 Å². The number of imide groups is 1. The second-order valence-corrected chi connectivity index (χ2v) is 7.37. The van der Waals surface area contributed by atoms with E-state index in [1.165, 1.54) is 4.90 Å². The zero-order chi connectivity index (χ0) is 18.3. The molecule has 0 bridgehead atoms. The number of nitrogens with one attached hydrogen (secondary N) is 2. The quantitative estimate of drug-likeness (QED) is 0.751. The number of amides is 3. The molecule has 0 aromatic heterocycles. The lowest BCUT2D eigenvalue weighted by molar-refractivity contribution is -0.136. The van der Waals surface area contributed by atoms with Gasteiger partial charge < -0.3 is 10.2 Å². The van der Waals surface area contributed by atoms with Crippen molar-refractivity contribution in [3.05, 3.63) is 33.8 Å². The molecule has 8 heteroatoms. The van der Waals surface area contributed by atoms with Gasteiger partial charge in [0.15, 0.2) is 0 Å². The maximum absolute atomic E-state index is 12.8. The molecule has 3 aliphatic rings. The van der Waals surface area contributed by atoms with E-state index < -0.39 is 11.9 Å². The van der Waals surface area contributed by atoms with Gasteiger partial charge in [-0.15, -0.1) is 0 Å². The first-order valence-corrected chi connectivity index (χ1v) is 9.30. The molecule has 2 saturated heterocycles. The number of hydrogen-bond acceptors (Lipinski definition) is 5. The Morgan fingerprint density at radius 2 is 1.92 bits per heavy atom. The molecule has 3 aliphatic heterocycles. The molecule has 4 rings (SSSR count). The molecule has 0 spiro atoms. The van der Waals surface area contributed by atoms with Crippen molar-refractivity contribution in [3.63, 3.8) is 0 Å². The van der Waals surface area contributed by atoms with E-state index in [0.29, 0.717) is 23.6 Å². The third-order valence-electron chi connectivity index (χ3n) is 5.33. The van der Waals surface area contributed by atoms with Crippen LogP contribution in [0.15, 0.2) is 12.1 Å². The van der Waals surface area contributed by atoms with Crippen LogP contribution >= 0.6 is 11.6 Å². The molecule has 1 atom stereocenters. The number of piperazine rings is 1. The number of nitrogens with zero attached hydrogens (tertiary/aromatic N) is 2. The van der Waals surface area contributed by atoms with Crippen LogP contribution in [0.4, 0.5) is 0 Å². The lowest BCUT2D eigenvalue weighted by Gasteiger charge is -2.29. The topological polar surface area (TPSA) is 81.8 Å². The zero-order valence-corrected chi connectivity index (χ0v) is 15.1. The molecule has 0 aliphatic carbocycles. The molecule has 1 unspecified atom stereocenters. The summed E-state index contributed by atoms with van der Waals surface area (Å²) in [6.45, 7) is 4.92. The van der Waals surface area contributed by atoms with Crippen LogP contribution in [0, 0.1) is 0 Å². The summed E-state index contributed by atoms with van der Waals surface area (Å²) in [5, 5.41) is 6.26. The van der Waals surface area contributed by atoms with Crippen molar-refractivity contribution in [1.29, 1.82) is 0 Å². The van der Waals surface area contributed by atoms with Gasteiger partial charge in [-0.25, -0.2) is 0 Å². The van der Waals surface area contributed by atoms with E-state index >= 15 is 0 Å². The van der Waals surface area contributed by atoms with Gasteiger partial charge in [0.05, 0.1) is 5.02 Å². The van der Waals surface area contributed by atoms with Crippen LogP contribution in [0.2, 0.25) is 5.02 Å². The van der Waals surface area contributed by atoms with Crippen molar-refractivity contribution in [3.8, 4) is 0 Å². The smallest absolute Gasteiger partial charge is 0.255 e. The van der Waals surface area contributed by atoms with Crippen molar-refractivity contribution in [1.82, 2.24) is 20.4 Å². The second kappa shape index (κ2) is 6.98. The molecule has 1 aromatic carbocycles. The van der Waals surface area contributed by atoms with Crippen molar-refractivity contribution in [2.75, 3.05) is 26.2 Å². The van der Waals surface area contributed by atoms with Gasteiger partial charge in [-0.05, 0) is 18.1 Å². The number of rotatable bonds is 3. The van der Waals surface area contributed by atoms with Crippen LogP contribution in [0.1, 0.15) is 34.3 Å². The molecule has 3 amide bonds. The summed E-state index contributed by atoms with van der Waals surface area (Å²) in [6, 6.07) is 3.11. The molecular formula is C18H21ClN4O3. The third kappa shape index (κ3) is 3.11. The first-order valence-electron chi connectivity index (χ1n) is 8.92. The van der Waals surface area contributed by atoms with E-state index in [0.717, 1.165) is 43.9 Å². The summed E-state index contributed by atoms with van der Waals surface area (Å²) in [6.07, 6.45) is 0.605. The molecular weight excluding hydrogens is 356 g/mol. The Kier molecular flexibility index (Phi) is 4.69. The fourth-order valence-electron chi connectivity index (χ4n) is 3.89. The highest BCUT2D eigenvalue weighted by molar-refractivity contribution is 6.33. The number of hydrogen-bond donors (Lipinski definition) is 2. The highest BCUT2D eigenvalue weighted by Crippen LogP contribution is 2.34. The summed E-state index contributed by atoms with van der Waals surface area (Å²) in [7, 11) is 0. The van der Waals surface area contributed by atoms with E-state index in [1.54, 1.807) is 0 Å². The molecule has 7 nitrogen and oxygen atoms in total. The van der Waals surface area contributed by atoms with Gasteiger partial charge in [0.1, 0.15) is 6.04 Å². The lowest BCUT2D eigenvalue weighted by Crippen LogP contribution is -2.52. The predicted molar refractivity (Wildman–Crippen MR) is 95.6 cm³/mol. The van der Waals surface area contributed by atoms with Gasteiger partial charge >= 0.3 is 0 Å². The molecule has 1 aromatic rings. The summed E-state index contributed by atoms with van der Waals surface area (Å²) >= 11 is 6.63. The average Bonchev–Trinajstić information content (AvgIpc) is 2.96. The van der Waals surface area contributed by atoms with E-state index in [9.17, 15) is 14.4 Å². The molecule has 2 fully saturated rings. The zero-order valence-electron chi connectivity index (χ0n) is 14.4. The van der Waals surface area contributed by atoms with Crippen LogP contribution < -0.4 is 10.6 Å². The van der Waals surface area contributed by atoms with Gasteiger partial charge in [-0.1, -0.05) is 17.7 Å². The SMILES string of the molecule is O=C1CCC(N2Cc3c(ccc(CN4CCNCC4)c3Cl)C2=O)C(=O)N1. The second-order valence-electron chi connectivity index (χ2n) is 6.99. The molecule has 138 valence electrons. The maximum atomic E-state index is 12.8. The van der Waals surface area contributed by atoms with Crippen LogP contribution in [0.3, 0.4) is 0 Å². The van der Waals surface area contributed by atoms with Crippen molar-refractivity contribution in [2.45, 2.75) is 32.0 Å². The molecule has 3 heterocycles. The Labute approximate surface area is 156 Å². The Balaban J connectivity index is 1.55. The monoisotopic (exact) mass is 376 g/mol. The van der Waals surface area contributed by atoms with Crippen LogP contribution in [0.25, 0.3) is 0 Å². The molecule has 0 radical (unpaired) electrons. The number of carbonyl (C=O) groups is 3. The van der Waals surface area contributed by atoms with Gasteiger partial charge in [0, 0.05) is 56.8 Å². The minimum absolute atomic E-state index is 0.190. The number of halogens is 1. The highest BCUT2D eigenvalue weighted by Gasteiger charge is 2.40. The Hall–Kier alpha value is -1.96. The summed E-state index contributed by atoms with van der Waals surface area (Å²) < 4.78 is 0. The first kappa shape index (κ1) is 17.5. The summed E-state index contributed by atoms with van der Waals surface area (Å²) in [5.74, 6) is -0.878. The van der Waals surface area contributed by atoms with Gasteiger partial charge in [-0.2, -0.15) is 0 Å². The summed E-state index contributed by atoms with van der Waals surface area (Å²) in [4.78, 5) is 40.1. The highest BCUT2D eigenvalue weighted by atomic mass is 35.5. The maximum Gasteiger partial charge on any atom is 0.255 e.